The van der Waals surface area contributed by atoms with Crippen LogP contribution >= 0.6 is 0 Å². The van der Waals surface area contributed by atoms with Gasteiger partial charge in [0.1, 0.15) is 0 Å². The quantitative estimate of drug-likeness (QED) is 0.382. The van der Waals surface area contributed by atoms with Gasteiger partial charge < -0.3 is 5.21 Å². The molecule has 6 nitrogen and oxygen atoms in total. The zero-order valence-electron chi connectivity index (χ0n) is 5.73. The minimum Gasteiger partial charge on any atom is -0.317 e. The highest BCUT2D eigenvalue weighted by Crippen LogP contribution is 1.74. The van der Waals surface area contributed by atoms with E-state index in [0.29, 0.717) is 6.54 Å². The van der Waals surface area contributed by atoms with E-state index in [1.165, 1.54) is 0 Å². The summed E-state index contributed by atoms with van der Waals surface area (Å²) in [4.78, 5) is 0. The summed E-state index contributed by atoms with van der Waals surface area (Å²) in [6.07, 6.45) is 0. The maximum atomic E-state index is 9.33. The molecule has 0 aliphatic rings. The molecular weight excluding hydrogens is 162 g/mol. The highest BCUT2D eigenvalue weighted by Gasteiger charge is 1.93. The van der Waals surface area contributed by atoms with E-state index < -0.39 is 10.4 Å². The van der Waals surface area contributed by atoms with Gasteiger partial charge in [-0.2, -0.15) is 8.42 Å². The van der Waals surface area contributed by atoms with Crippen molar-refractivity contribution in [1.29, 1.82) is 0 Å². The molecule has 0 saturated carbocycles. The third kappa shape index (κ3) is 25.0. The van der Waals surface area contributed by atoms with Crippen LogP contribution in [-0.2, 0) is 14.6 Å². The van der Waals surface area contributed by atoms with Gasteiger partial charge in [0, 0.05) is 6.54 Å². The summed E-state index contributed by atoms with van der Waals surface area (Å²) in [5, 5.41) is 7.62. The second-order valence-electron chi connectivity index (χ2n) is 1.11. The predicted molar refractivity (Wildman–Crippen MR) is 34.0 cm³/mol. The molecule has 64 valence electrons. The summed E-state index contributed by atoms with van der Waals surface area (Å²) < 4.78 is 29.7. The van der Waals surface area contributed by atoms with Crippen LogP contribution in [0.25, 0.3) is 0 Å². The van der Waals surface area contributed by atoms with Crippen molar-refractivity contribution in [3.63, 3.8) is 0 Å². The monoisotopic (exact) mass is 173 g/mol. The van der Waals surface area contributed by atoms with Gasteiger partial charge in [-0.3, -0.25) is 8.74 Å². The molecule has 0 atom stereocenters. The lowest BCUT2D eigenvalue weighted by Crippen LogP contribution is -2.02. The second kappa shape index (κ2) is 6.90. The number of hydrogen-bond acceptors (Lipinski definition) is 5. The van der Waals surface area contributed by atoms with E-state index in [9.17, 15) is 8.42 Å². The zero-order chi connectivity index (χ0) is 8.62. The van der Waals surface area contributed by atoms with E-state index in [4.69, 9.17) is 9.76 Å². The van der Waals surface area contributed by atoms with Crippen LogP contribution in [0.15, 0.2) is 0 Å². The molecule has 0 radical (unpaired) electrons. The smallest absolute Gasteiger partial charge is 0.317 e. The molecule has 7 heteroatoms. The average Bonchev–Trinajstić information content (AvgIpc) is 1.87. The van der Waals surface area contributed by atoms with E-state index in [0.717, 1.165) is 7.11 Å². The number of hydroxylamine groups is 1. The van der Waals surface area contributed by atoms with Crippen molar-refractivity contribution < 1.29 is 22.4 Å². The Labute approximate surface area is 59.7 Å². The van der Waals surface area contributed by atoms with Crippen molar-refractivity contribution in [1.82, 2.24) is 5.48 Å². The van der Waals surface area contributed by atoms with Crippen LogP contribution in [0.5, 0.6) is 0 Å². The molecule has 10 heavy (non-hydrogen) atoms. The van der Waals surface area contributed by atoms with E-state index in [1.807, 2.05) is 12.4 Å². The first-order chi connectivity index (χ1) is 4.47. The van der Waals surface area contributed by atoms with Gasteiger partial charge in [0.2, 0.25) is 0 Å². The molecule has 0 aliphatic heterocycles. The van der Waals surface area contributed by atoms with E-state index in [2.05, 4.69) is 4.18 Å². The Kier molecular flexibility index (Phi) is 8.61. The van der Waals surface area contributed by atoms with Crippen molar-refractivity contribution in [2.24, 2.45) is 0 Å². The Morgan fingerprint density at radius 1 is 1.60 bits per heavy atom. The fraction of sp³-hybridized carbons (Fsp3) is 1.00. The fourth-order valence-corrected chi connectivity index (χ4v) is 0. The lowest BCUT2D eigenvalue weighted by molar-refractivity contribution is 0.173. The number of hydrogen-bond donors (Lipinski definition) is 3. The first-order valence-corrected chi connectivity index (χ1v) is 3.74. The van der Waals surface area contributed by atoms with E-state index >= 15 is 0 Å². The molecule has 0 aliphatic carbocycles. The van der Waals surface area contributed by atoms with Crippen molar-refractivity contribution in [3.8, 4) is 0 Å². The standard InChI is InChI=1S/C2H7NO.CH4O4S/c1-2-3-4;1-5-6(2,3)4/h3-4H,2H2,1H3;1H3,(H,2,3,4). The predicted octanol–water partition coefficient (Wildman–Crippen LogP) is -0.579. The lowest BCUT2D eigenvalue weighted by atomic mass is 10.8. The van der Waals surface area contributed by atoms with Gasteiger partial charge in [-0.05, 0) is 0 Å². The Morgan fingerprint density at radius 2 is 1.80 bits per heavy atom. The molecule has 0 saturated heterocycles. The van der Waals surface area contributed by atoms with Crippen LogP contribution in [0.3, 0.4) is 0 Å². The molecule has 0 aromatic rings. The average molecular weight is 173 g/mol. The number of nitrogens with one attached hydrogen (secondary N) is 1. The van der Waals surface area contributed by atoms with Gasteiger partial charge in [0.25, 0.3) is 0 Å². The summed E-state index contributed by atoms with van der Waals surface area (Å²) in [5.74, 6) is 0. The summed E-state index contributed by atoms with van der Waals surface area (Å²) in [5.41, 5.74) is 1.93. The molecular formula is C3H11NO5S. The third-order valence-corrected chi connectivity index (χ3v) is 0.790. The molecule has 0 fully saturated rings. The van der Waals surface area contributed by atoms with Gasteiger partial charge in [0.15, 0.2) is 0 Å². The van der Waals surface area contributed by atoms with Gasteiger partial charge in [-0.15, -0.1) is 0 Å². The molecule has 0 bridgehead atoms. The molecule has 0 aromatic carbocycles. The molecule has 0 spiro atoms. The van der Waals surface area contributed by atoms with Crippen LogP contribution in [0, 0.1) is 0 Å². The largest absolute Gasteiger partial charge is 0.397 e. The van der Waals surface area contributed by atoms with Crippen molar-refractivity contribution >= 4 is 10.4 Å². The molecule has 3 N–H and O–H groups in total. The normalized spacial score (nSPS) is 10.0. The fourth-order valence-electron chi connectivity index (χ4n) is 0. The van der Waals surface area contributed by atoms with Gasteiger partial charge in [0.05, 0.1) is 7.11 Å². The van der Waals surface area contributed by atoms with Crippen LogP contribution in [-0.4, -0.2) is 31.8 Å². The SMILES string of the molecule is CCNO.COS(=O)(=O)O. The summed E-state index contributed by atoms with van der Waals surface area (Å²) >= 11 is 0. The Morgan fingerprint density at radius 3 is 1.80 bits per heavy atom. The van der Waals surface area contributed by atoms with Crippen LogP contribution < -0.4 is 5.48 Å². The van der Waals surface area contributed by atoms with Crippen molar-refractivity contribution in [2.75, 3.05) is 13.7 Å². The molecule has 0 rings (SSSR count). The highest BCUT2D eigenvalue weighted by atomic mass is 32.3. The summed E-state index contributed by atoms with van der Waals surface area (Å²) in [6, 6.07) is 0. The second-order valence-corrected chi connectivity index (χ2v) is 2.29. The number of rotatable bonds is 2. The van der Waals surface area contributed by atoms with Gasteiger partial charge in [-0.25, -0.2) is 5.48 Å². The van der Waals surface area contributed by atoms with Crippen LogP contribution in [0.2, 0.25) is 0 Å². The maximum Gasteiger partial charge on any atom is 0.397 e. The minimum absolute atomic E-state index is 0.625. The molecule has 0 aromatic heterocycles. The first kappa shape index (κ1) is 12.5. The third-order valence-electron chi connectivity index (χ3n) is 0.369. The Bertz CT molecular complexity index is 139. The topological polar surface area (TPSA) is 95.9 Å². The van der Waals surface area contributed by atoms with Crippen molar-refractivity contribution in [3.05, 3.63) is 0 Å². The maximum absolute atomic E-state index is 9.33. The molecule has 0 heterocycles. The lowest BCUT2D eigenvalue weighted by Gasteiger charge is -1.82. The summed E-state index contributed by atoms with van der Waals surface area (Å²) in [7, 11) is -3.29. The van der Waals surface area contributed by atoms with Crippen molar-refractivity contribution in [2.45, 2.75) is 6.92 Å². The first-order valence-electron chi connectivity index (χ1n) is 2.38. The van der Waals surface area contributed by atoms with Gasteiger partial charge >= 0.3 is 10.4 Å². The van der Waals surface area contributed by atoms with E-state index in [-0.39, 0.29) is 0 Å². The van der Waals surface area contributed by atoms with Crippen LogP contribution in [0.4, 0.5) is 0 Å². The molecule has 0 unspecified atom stereocenters. The van der Waals surface area contributed by atoms with Crippen LogP contribution in [0.1, 0.15) is 6.92 Å². The Hall–Kier alpha value is -0.210. The van der Waals surface area contributed by atoms with Gasteiger partial charge in [-0.1, -0.05) is 6.92 Å². The minimum atomic E-state index is -4.16. The summed E-state index contributed by atoms with van der Waals surface area (Å²) in [6.45, 7) is 2.44. The zero-order valence-corrected chi connectivity index (χ0v) is 6.55. The van der Waals surface area contributed by atoms with E-state index in [1.54, 1.807) is 0 Å². The Balaban J connectivity index is 0. The molecule has 0 amide bonds. The highest BCUT2D eigenvalue weighted by molar-refractivity contribution is 7.80.